The van der Waals surface area contributed by atoms with Crippen molar-refractivity contribution in [1.82, 2.24) is 0 Å². The van der Waals surface area contributed by atoms with Gasteiger partial charge < -0.3 is 0 Å². The number of allylic oxidation sites excluding steroid dienone is 2. The minimum absolute atomic E-state index is 0.271. The number of hydrogen-bond acceptors (Lipinski definition) is 1. The van der Waals surface area contributed by atoms with E-state index < -0.39 is 0 Å². The summed E-state index contributed by atoms with van der Waals surface area (Å²) in [7, 11) is 0. The molecule has 0 saturated heterocycles. The molecule has 0 saturated carbocycles. The first-order chi connectivity index (χ1) is 3.29. The van der Waals surface area contributed by atoms with E-state index >= 15 is 0 Å². The SMILES string of the molecule is C[C@@H]1C=CC(=O)C1. The van der Waals surface area contributed by atoms with Gasteiger partial charge in [-0.15, -0.1) is 0 Å². The van der Waals surface area contributed by atoms with Crippen LogP contribution >= 0.6 is 0 Å². The van der Waals surface area contributed by atoms with Crippen LogP contribution in [0.2, 0.25) is 0 Å². The zero-order chi connectivity index (χ0) is 5.28. The Morgan fingerprint density at radius 2 is 2.57 bits per heavy atom. The zero-order valence-electron chi connectivity index (χ0n) is 4.35. The Morgan fingerprint density at radius 3 is 2.71 bits per heavy atom. The third-order valence-corrected chi connectivity index (χ3v) is 1.13. The molecule has 0 amide bonds. The van der Waals surface area contributed by atoms with E-state index in [0.29, 0.717) is 5.92 Å². The highest BCUT2D eigenvalue weighted by atomic mass is 16.1. The largest absolute Gasteiger partial charge is 0.295 e. The smallest absolute Gasteiger partial charge is 0.155 e. The molecule has 0 aromatic rings. The minimum atomic E-state index is 0.271. The molecule has 0 unspecified atom stereocenters. The van der Waals surface area contributed by atoms with Gasteiger partial charge in [-0.3, -0.25) is 4.79 Å². The monoisotopic (exact) mass is 96.1 g/mol. The highest BCUT2D eigenvalue weighted by Gasteiger charge is 2.08. The van der Waals surface area contributed by atoms with E-state index in [1.54, 1.807) is 6.08 Å². The predicted octanol–water partition coefficient (Wildman–Crippen LogP) is 1.15. The van der Waals surface area contributed by atoms with E-state index in [4.69, 9.17) is 0 Å². The van der Waals surface area contributed by atoms with Crippen molar-refractivity contribution >= 4 is 5.78 Å². The van der Waals surface area contributed by atoms with Crippen molar-refractivity contribution in [2.24, 2.45) is 5.92 Å². The molecule has 0 aromatic heterocycles. The van der Waals surface area contributed by atoms with Gasteiger partial charge in [0.2, 0.25) is 0 Å². The number of carbonyl (C=O) groups is 1. The fraction of sp³-hybridized carbons (Fsp3) is 0.500. The lowest BCUT2D eigenvalue weighted by molar-refractivity contribution is -0.114. The van der Waals surface area contributed by atoms with Gasteiger partial charge in [0.05, 0.1) is 0 Å². The van der Waals surface area contributed by atoms with E-state index in [9.17, 15) is 4.79 Å². The van der Waals surface area contributed by atoms with Crippen LogP contribution in [0.25, 0.3) is 0 Å². The topological polar surface area (TPSA) is 17.1 Å². The van der Waals surface area contributed by atoms with Crippen molar-refractivity contribution in [3.05, 3.63) is 12.2 Å². The van der Waals surface area contributed by atoms with Crippen molar-refractivity contribution in [1.29, 1.82) is 0 Å². The molecule has 7 heavy (non-hydrogen) atoms. The van der Waals surface area contributed by atoms with Crippen LogP contribution in [-0.4, -0.2) is 5.78 Å². The molecule has 0 spiro atoms. The van der Waals surface area contributed by atoms with Gasteiger partial charge >= 0.3 is 0 Å². The summed E-state index contributed by atoms with van der Waals surface area (Å²) >= 11 is 0. The lowest BCUT2D eigenvalue weighted by Gasteiger charge is -1.88. The Balaban J connectivity index is 2.58. The molecule has 1 atom stereocenters. The van der Waals surface area contributed by atoms with Crippen molar-refractivity contribution in [3.8, 4) is 0 Å². The third-order valence-electron chi connectivity index (χ3n) is 1.13. The molecule has 0 aromatic carbocycles. The predicted molar refractivity (Wildman–Crippen MR) is 27.9 cm³/mol. The van der Waals surface area contributed by atoms with Crippen LogP contribution in [0.3, 0.4) is 0 Å². The molecule has 0 N–H and O–H groups in total. The summed E-state index contributed by atoms with van der Waals surface area (Å²) in [5.41, 5.74) is 0. The van der Waals surface area contributed by atoms with Gasteiger partial charge in [-0.1, -0.05) is 13.0 Å². The summed E-state index contributed by atoms with van der Waals surface area (Å²) < 4.78 is 0. The molecule has 0 radical (unpaired) electrons. The van der Waals surface area contributed by atoms with Crippen LogP contribution in [0.15, 0.2) is 12.2 Å². The molecule has 0 heterocycles. The van der Waals surface area contributed by atoms with Gasteiger partial charge in [0, 0.05) is 6.42 Å². The van der Waals surface area contributed by atoms with Crippen LogP contribution in [0, 0.1) is 5.92 Å². The number of rotatable bonds is 0. The van der Waals surface area contributed by atoms with Crippen molar-refractivity contribution in [3.63, 3.8) is 0 Å². The van der Waals surface area contributed by atoms with Gasteiger partial charge in [0.1, 0.15) is 0 Å². The molecule has 1 heteroatoms. The van der Waals surface area contributed by atoms with Crippen LogP contribution in [0.1, 0.15) is 13.3 Å². The molecule has 0 fully saturated rings. The second-order valence-corrected chi connectivity index (χ2v) is 2.01. The maximum absolute atomic E-state index is 10.4. The van der Waals surface area contributed by atoms with Crippen molar-refractivity contribution in [2.75, 3.05) is 0 Å². The summed E-state index contributed by atoms with van der Waals surface area (Å²) in [6.45, 7) is 2.04. The average Bonchev–Trinajstić information content (AvgIpc) is 1.87. The van der Waals surface area contributed by atoms with E-state index in [1.165, 1.54) is 0 Å². The fourth-order valence-electron chi connectivity index (χ4n) is 0.725. The van der Waals surface area contributed by atoms with Gasteiger partial charge in [-0.05, 0) is 12.0 Å². The molecule has 38 valence electrons. The molecular formula is C6H8O. The first kappa shape index (κ1) is 4.57. The summed E-state index contributed by atoms with van der Waals surface area (Å²) in [4.78, 5) is 10.4. The quantitative estimate of drug-likeness (QED) is 0.442. The van der Waals surface area contributed by atoms with E-state index in [-0.39, 0.29) is 5.78 Å². The van der Waals surface area contributed by atoms with E-state index in [0.717, 1.165) is 6.42 Å². The third kappa shape index (κ3) is 0.889. The Labute approximate surface area is 43.0 Å². The maximum Gasteiger partial charge on any atom is 0.155 e. The summed E-state index contributed by atoms with van der Waals surface area (Å²) in [5, 5.41) is 0. The van der Waals surface area contributed by atoms with Gasteiger partial charge in [-0.25, -0.2) is 0 Å². The van der Waals surface area contributed by atoms with Crippen LogP contribution in [0.4, 0.5) is 0 Å². The molecule has 0 bridgehead atoms. The Hall–Kier alpha value is -0.590. The Bertz CT molecular complexity index is 113. The molecule has 1 aliphatic rings. The van der Waals surface area contributed by atoms with Crippen LogP contribution in [-0.2, 0) is 4.79 Å². The minimum Gasteiger partial charge on any atom is -0.295 e. The van der Waals surface area contributed by atoms with Gasteiger partial charge in [0.15, 0.2) is 5.78 Å². The lowest BCUT2D eigenvalue weighted by Crippen LogP contribution is -1.88. The first-order valence-corrected chi connectivity index (χ1v) is 2.50. The van der Waals surface area contributed by atoms with Crippen molar-refractivity contribution < 1.29 is 4.79 Å². The second-order valence-electron chi connectivity index (χ2n) is 2.01. The maximum atomic E-state index is 10.4. The molecule has 1 rings (SSSR count). The second kappa shape index (κ2) is 1.49. The van der Waals surface area contributed by atoms with E-state index in [2.05, 4.69) is 0 Å². The van der Waals surface area contributed by atoms with Crippen molar-refractivity contribution in [2.45, 2.75) is 13.3 Å². The van der Waals surface area contributed by atoms with Crippen LogP contribution < -0.4 is 0 Å². The Kier molecular flexibility index (Phi) is 0.970. The molecule has 1 aliphatic carbocycles. The molecule has 1 nitrogen and oxygen atoms in total. The average molecular weight is 96.1 g/mol. The zero-order valence-corrected chi connectivity index (χ0v) is 4.35. The van der Waals surface area contributed by atoms with Crippen LogP contribution in [0.5, 0.6) is 0 Å². The lowest BCUT2D eigenvalue weighted by atomic mass is 10.2. The molecular weight excluding hydrogens is 88.1 g/mol. The van der Waals surface area contributed by atoms with E-state index in [1.807, 2.05) is 13.0 Å². The highest BCUT2D eigenvalue weighted by Crippen LogP contribution is 2.11. The Morgan fingerprint density at radius 1 is 1.86 bits per heavy atom. The fourth-order valence-corrected chi connectivity index (χ4v) is 0.725. The normalized spacial score (nSPS) is 29.3. The highest BCUT2D eigenvalue weighted by molar-refractivity contribution is 5.92. The van der Waals surface area contributed by atoms with Gasteiger partial charge in [0.25, 0.3) is 0 Å². The number of ketones is 1. The number of hydrogen-bond donors (Lipinski definition) is 0. The summed E-state index contributed by atoms with van der Waals surface area (Å²) in [6.07, 6.45) is 4.33. The summed E-state index contributed by atoms with van der Waals surface area (Å²) in [6, 6.07) is 0. The first-order valence-electron chi connectivity index (χ1n) is 2.50. The standard InChI is InChI=1S/C6H8O/c1-5-2-3-6(7)4-5/h2-3,5H,4H2,1H3/t5-/m1/s1. The summed E-state index contributed by atoms with van der Waals surface area (Å²) in [5.74, 6) is 0.764. The van der Waals surface area contributed by atoms with Gasteiger partial charge in [-0.2, -0.15) is 0 Å². The molecule has 0 aliphatic heterocycles. The number of carbonyl (C=O) groups excluding carboxylic acids is 1.